The van der Waals surface area contributed by atoms with Gasteiger partial charge in [0.05, 0.1) is 11.1 Å². The zero-order chi connectivity index (χ0) is 20.8. The van der Waals surface area contributed by atoms with Crippen molar-refractivity contribution in [3.8, 4) is 0 Å². The minimum absolute atomic E-state index is 0.233. The second kappa shape index (κ2) is 7.17. The quantitative estimate of drug-likeness (QED) is 0.577. The number of carbonyl (C=O) groups excluding carboxylic acids is 1. The van der Waals surface area contributed by atoms with Gasteiger partial charge in [-0.1, -0.05) is 18.2 Å². The van der Waals surface area contributed by atoms with Crippen LogP contribution in [0, 0.1) is 5.82 Å². The van der Waals surface area contributed by atoms with Crippen molar-refractivity contribution in [3.63, 3.8) is 0 Å². The fourth-order valence-corrected chi connectivity index (χ4v) is 4.04. The summed E-state index contributed by atoms with van der Waals surface area (Å²) in [5, 5.41) is 4.80. The minimum atomic E-state index is -4.40. The summed E-state index contributed by atoms with van der Waals surface area (Å²) in [4.78, 5) is 14.6. The second-order valence-corrected chi connectivity index (χ2v) is 7.29. The van der Waals surface area contributed by atoms with E-state index >= 15 is 0 Å². The van der Waals surface area contributed by atoms with Gasteiger partial charge in [-0.3, -0.25) is 9.48 Å². The Hall–Kier alpha value is -2.90. The number of rotatable bonds is 2. The molecule has 3 aromatic rings. The Morgan fingerprint density at radius 2 is 1.79 bits per heavy atom. The number of likely N-dealkylation sites (tertiary alicyclic amines) is 1. The van der Waals surface area contributed by atoms with Crippen molar-refractivity contribution >= 4 is 16.8 Å². The number of alkyl halides is 3. The molecule has 1 fully saturated rings. The molecule has 0 saturated carbocycles. The van der Waals surface area contributed by atoms with Crippen LogP contribution >= 0.6 is 0 Å². The topological polar surface area (TPSA) is 38.1 Å². The molecule has 0 unspecified atom stereocenters. The van der Waals surface area contributed by atoms with E-state index in [4.69, 9.17) is 0 Å². The van der Waals surface area contributed by atoms with Crippen LogP contribution in [0.3, 0.4) is 0 Å². The van der Waals surface area contributed by atoms with Gasteiger partial charge >= 0.3 is 6.18 Å². The number of benzene rings is 2. The second-order valence-electron chi connectivity index (χ2n) is 7.29. The van der Waals surface area contributed by atoms with Crippen LogP contribution in [0.25, 0.3) is 10.9 Å². The van der Waals surface area contributed by atoms with E-state index in [1.165, 1.54) is 35.0 Å². The van der Waals surface area contributed by atoms with Crippen LogP contribution in [0.5, 0.6) is 0 Å². The molecule has 4 rings (SSSR count). The monoisotopic (exact) mass is 405 g/mol. The van der Waals surface area contributed by atoms with Crippen LogP contribution in [-0.4, -0.2) is 33.7 Å². The van der Waals surface area contributed by atoms with Gasteiger partial charge in [0.25, 0.3) is 5.91 Å². The zero-order valence-corrected chi connectivity index (χ0v) is 15.7. The number of piperidine rings is 1. The van der Waals surface area contributed by atoms with E-state index in [1.54, 1.807) is 18.0 Å². The lowest BCUT2D eigenvalue weighted by molar-refractivity contribution is -0.138. The van der Waals surface area contributed by atoms with Gasteiger partial charge in [0, 0.05) is 25.5 Å². The van der Waals surface area contributed by atoms with E-state index in [0.717, 1.165) is 6.07 Å². The number of hydrogen-bond donors (Lipinski definition) is 0. The molecular weight excluding hydrogens is 386 g/mol. The van der Waals surface area contributed by atoms with E-state index in [9.17, 15) is 22.4 Å². The van der Waals surface area contributed by atoms with Crippen molar-refractivity contribution in [2.24, 2.45) is 7.05 Å². The average Bonchev–Trinajstić information content (AvgIpc) is 3.03. The predicted molar refractivity (Wildman–Crippen MR) is 100.0 cm³/mol. The molecule has 152 valence electrons. The van der Waals surface area contributed by atoms with Gasteiger partial charge in [-0.25, -0.2) is 4.39 Å². The van der Waals surface area contributed by atoms with Crippen LogP contribution in [0.1, 0.15) is 40.4 Å². The molecule has 0 atom stereocenters. The molecule has 2 heterocycles. The van der Waals surface area contributed by atoms with E-state index in [1.807, 2.05) is 0 Å². The van der Waals surface area contributed by atoms with Crippen molar-refractivity contribution < 1.29 is 22.4 Å². The first-order chi connectivity index (χ1) is 13.8. The van der Waals surface area contributed by atoms with Crippen LogP contribution in [0.4, 0.5) is 17.6 Å². The lowest BCUT2D eigenvalue weighted by Crippen LogP contribution is -2.38. The predicted octanol–water partition coefficient (Wildman–Crippen LogP) is 4.75. The molecule has 2 aromatic carbocycles. The van der Waals surface area contributed by atoms with Gasteiger partial charge in [-0.05, 0) is 48.6 Å². The van der Waals surface area contributed by atoms with Gasteiger partial charge in [-0.15, -0.1) is 0 Å². The Kier molecular flexibility index (Phi) is 4.80. The summed E-state index contributed by atoms with van der Waals surface area (Å²) in [5.74, 6) is -0.958. The molecule has 29 heavy (non-hydrogen) atoms. The maximum absolute atomic E-state index is 13.5. The molecular formula is C21H19F4N3O. The summed E-state index contributed by atoms with van der Waals surface area (Å²) in [6.45, 7) is 0.684. The standard InChI is InChI=1S/C21H19F4N3O/c1-27-18-12-14(22)6-7-16(18)19(26-27)20(29)28-10-8-13(9-11-28)15-4-2-3-5-17(15)21(23,24)25/h2-7,12-13H,8-11H2,1H3. The highest BCUT2D eigenvalue weighted by Gasteiger charge is 2.36. The highest BCUT2D eigenvalue weighted by atomic mass is 19.4. The van der Waals surface area contributed by atoms with Crippen molar-refractivity contribution in [2.45, 2.75) is 24.9 Å². The molecule has 8 heteroatoms. The third-order valence-corrected chi connectivity index (χ3v) is 5.50. The minimum Gasteiger partial charge on any atom is -0.337 e. The Morgan fingerprint density at radius 1 is 1.10 bits per heavy atom. The Morgan fingerprint density at radius 3 is 2.48 bits per heavy atom. The smallest absolute Gasteiger partial charge is 0.337 e. The van der Waals surface area contributed by atoms with Gasteiger partial charge in [0.15, 0.2) is 5.69 Å². The number of aromatic nitrogens is 2. The van der Waals surface area contributed by atoms with Crippen LogP contribution in [0.2, 0.25) is 0 Å². The van der Waals surface area contributed by atoms with E-state index in [2.05, 4.69) is 5.10 Å². The average molecular weight is 405 g/mol. The summed E-state index contributed by atoms with van der Waals surface area (Å²) in [6, 6.07) is 9.75. The highest BCUT2D eigenvalue weighted by molar-refractivity contribution is 6.04. The molecule has 1 aliphatic rings. The molecule has 0 aliphatic carbocycles. The van der Waals surface area contributed by atoms with Gasteiger partial charge < -0.3 is 4.90 Å². The fourth-order valence-electron chi connectivity index (χ4n) is 4.04. The lowest BCUT2D eigenvalue weighted by atomic mass is 9.86. The lowest BCUT2D eigenvalue weighted by Gasteiger charge is -2.33. The van der Waals surface area contributed by atoms with E-state index in [0.29, 0.717) is 36.8 Å². The molecule has 1 saturated heterocycles. The number of nitrogens with zero attached hydrogens (tertiary/aromatic N) is 3. The molecule has 1 aliphatic heterocycles. The SMILES string of the molecule is Cn1nc(C(=O)N2CCC(c3ccccc3C(F)(F)F)CC2)c2ccc(F)cc21. The van der Waals surface area contributed by atoms with Crippen molar-refractivity contribution in [2.75, 3.05) is 13.1 Å². The van der Waals surface area contributed by atoms with Gasteiger partial charge in [-0.2, -0.15) is 18.3 Å². The molecule has 0 bridgehead atoms. The summed E-state index contributed by atoms with van der Waals surface area (Å²) in [6.07, 6.45) is -3.51. The molecule has 0 spiro atoms. The van der Waals surface area contributed by atoms with Crippen LogP contribution in [-0.2, 0) is 13.2 Å². The van der Waals surface area contributed by atoms with Crippen molar-refractivity contribution in [1.82, 2.24) is 14.7 Å². The molecule has 0 N–H and O–H groups in total. The first-order valence-corrected chi connectivity index (χ1v) is 9.33. The van der Waals surface area contributed by atoms with Crippen molar-refractivity contribution in [1.29, 1.82) is 0 Å². The molecule has 1 amide bonds. The third kappa shape index (κ3) is 3.59. The first kappa shape index (κ1) is 19.4. The number of aryl methyl sites for hydroxylation is 1. The van der Waals surface area contributed by atoms with E-state index in [-0.39, 0.29) is 23.1 Å². The largest absolute Gasteiger partial charge is 0.416 e. The molecule has 0 radical (unpaired) electrons. The Bertz CT molecular complexity index is 1070. The number of hydrogen-bond acceptors (Lipinski definition) is 2. The van der Waals surface area contributed by atoms with Crippen molar-refractivity contribution in [3.05, 3.63) is 65.1 Å². The van der Waals surface area contributed by atoms with Crippen LogP contribution in [0.15, 0.2) is 42.5 Å². The van der Waals surface area contributed by atoms with Gasteiger partial charge in [0.1, 0.15) is 5.82 Å². The Labute approximate surface area is 164 Å². The fraction of sp³-hybridized carbons (Fsp3) is 0.333. The molecule has 4 nitrogen and oxygen atoms in total. The summed E-state index contributed by atoms with van der Waals surface area (Å²) in [7, 11) is 1.64. The maximum Gasteiger partial charge on any atom is 0.416 e. The van der Waals surface area contributed by atoms with Gasteiger partial charge in [0.2, 0.25) is 0 Å². The highest BCUT2D eigenvalue weighted by Crippen LogP contribution is 2.38. The maximum atomic E-state index is 13.5. The third-order valence-electron chi connectivity index (χ3n) is 5.50. The number of fused-ring (bicyclic) bond motifs is 1. The summed E-state index contributed by atoms with van der Waals surface area (Å²) in [5.41, 5.74) is 0.423. The van der Waals surface area contributed by atoms with E-state index < -0.39 is 17.6 Å². The normalized spacial score (nSPS) is 15.8. The summed E-state index contributed by atoms with van der Waals surface area (Å²) < 4.78 is 54.9. The Balaban J connectivity index is 1.53. The number of carbonyl (C=O) groups is 1. The summed E-state index contributed by atoms with van der Waals surface area (Å²) >= 11 is 0. The zero-order valence-electron chi connectivity index (χ0n) is 15.7. The number of amides is 1. The first-order valence-electron chi connectivity index (χ1n) is 9.33. The van der Waals surface area contributed by atoms with Crippen LogP contribution < -0.4 is 0 Å². The molecule has 1 aromatic heterocycles. The number of halogens is 4.